The molecule has 3 rings (SSSR count). The van der Waals surface area contributed by atoms with Crippen LogP contribution in [0.2, 0.25) is 0 Å². The Balaban J connectivity index is 1.59. The van der Waals surface area contributed by atoms with E-state index < -0.39 is 6.04 Å². The van der Waals surface area contributed by atoms with Crippen LogP contribution in [0.25, 0.3) is 0 Å². The summed E-state index contributed by atoms with van der Waals surface area (Å²) < 4.78 is 1.83. The van der Waals surface area contributed by atoms with Crippen LogP contribution in [-0.2, 0) is 16.1 Å². The lowest BCUT2D eigenvalue weighted by molar-refractivity contribution is -0.127. The molecular formula is C18H30N6O2. The number of piperazine rings is 1. The average molecular weight is 362 g/mol. The molecule has 1 unspecified atom stereocenters. The van der Waals surface area contributed by atoms with Crippen molar-refractivity contribution in [3.63, 3.8) is 0 Å². The fourth-order valence-corrected chi connectivity index (χ4v) is 3.69. The standard InChI is InChI=1S/C18H30N6O2/c1-4-15(18(26)19-6-8-22-11-9-21(3)10-12-22)24-16-13-14(2)20-23(16)7-5-17(24)25/h13,15H,4-12H2,1-3H3,(H,19,26). The van der Waals surface area contributed by atoms with Crippen LogP contribution in [-0.4, -0.2) is 83.8 Å². The fraction of sp³-hybridized carbons (Fsp3) is 0.722. The molecule has 0 aromatic carbocycles. The Kier molecular flexibility index (Phi) is 5.93. The van der Waals surface area contributed by atoms with Crippen molar-refractivity contribution in [2.45, 2.75) is 39.3 Å². The van der Waals surface area contributed by atoms with Gasteiger partial charge in [-0.25, -0.2) is 4.68 Å². The Morgan fingerprint density at radius 2 is 2.00 bits per heavy atom. The third kappa shape index (κ3) is 4.07. The SMILES string of the molecule is CCC(C(=O)NCCN1CCN(C)CC1)N1C(=O)CCn2nc(C)cc21. The van der Waals surface area contributed by atoms with E-state index in [2.05, 4.69) is 27.3 Å². The number of carbonyl (C=O) groups is 2. The second kappa shape index (κ2) is 8.18. The molecule has 2 aliphatic rings. The first-order valence-electron chi connectivity index (χ1n) is 9.54. The smallest absolute Gasteiger partial charge is 0.243 e. The molecule has 0 saturated carbocycles. The van der Waals surface area contributed by atoms with Crippen molar-refractivity contribution in [1.82, 2.24) is 24.9 Å². The van der Waals surface area contributed by atoms with E-state index in [1.807, 2.05) is 24.6 Å². The summed E-state index contributed by atoms with van der Waals surface area (Å²) >= 11 is 0. The molecule has 2 aliphatic heterocycles. The molecule has 3 heterocycles. The van der Waals surface area contributed by atoms with Crippen molar-refractivity contribution >= 4 is 17.6 Å². The van der Waals surface area contributed by atoms with Gasteiger partial charge in [0.1, 0.15) is 11.9 Å². The number of aryl methyl sites for hydroxylation is 2. The summed E-state index contributed by atoms with van der Waals surface area (Å²) in [5.74, 6) is 0.653. The molecule has 1 aromatic rings. The number of nitrogens with zero attached hydrogens (tertiary/aromatic N) is 5. The van der Waals surface area contributed by atoms with Crippen LogP contribution in [0.3, 0.4) is 0 Å². The van der Waals surface area contributed by atoms with Gasteiger partial charge in [-0.05, 0) is 20.4 Å². The monoisotopic (exact) mass is 362 g/mol. The first-order valence-corrected chi connectivity index (χ1v) is 9.54. The summed E-state index contributed by atoms with van der Waals surface area (Å²) in [6.07, 6.45) is 0.968. The third-order valence-corrected chi connectivity index (χ3v) is 5.26. The van der Waals surface area contributed by atoms with Crippen molar-refractivity contribution in [1.29, 1.82) is 0 Å². The molecule has 1 saturated heterocycles. The van der Waals surface area contributed by atoms with Crippen molar-refractivity contribution < 1.29 is 9.59 Å². The maximum Gasteiger partial charge on any atom is 0.243 e. The third-order valence-electron chi connectivity index (χ3n) is 5.26. The highest BCUT2D eigenvalue weighted by Gasteiger charge is 2.34. The lowest BCUT2D eigenvalue weighted by atomic mass is 10.1. The molecule has 1 fully saturated rings. The maximum atomic E-state index is 12.8. The van der Waals surface area contributed by atoms with Crippen molar-refractivity contribution in [2.24, 2.45) is 0 Å². The highest BCUT2D eigenvalue weighted by molar-refractivity contribution is 6.00. The molecule has 144 valence electrons. The second-order valence-electron chi connectivity index (χ2n) is 7.24. The first-order chi connectivity index (χ1) is 12.5. The summed E-state index contributed by atoms with van der Waals surface area (Å²) in [6, 6.07) is 1.40. The number of anilines is 1. The molecule has 0 radical (unpaired) electrons. The van der Waals surface area contributed by atoms with Crippen LogP contribution in [0.4, 0.5) is 5.82 Å². The van der Waals surface area contributed by atoms with Crippen LogP contribution in [0.15, 0.2) is 6.07 Å². The van der Waals surface area contributed by atoms with Crippen molar-refractivity contribution in [2.75, 3.05) is 51.2 Å². The average Bonchev–Trinajstić information content (AvgIpc) is 2.99. The number of nitrogens with one attached hydrogen (secondary N) is 1. The molecule has 1 aromatic heterocycles. The molecule has 1 N–H and O–H groups in total. The normalized spacial score (nSPS) is 20.1. The van der Waals surface area contributed by atoms with E-state index in [-0.39, 0.29) is 11.8 Å². The molecule has 0 bridgehead atoms. The van der Waals surface area contributed by atoms with E-state index in [9.17, 15) is 9.59 Å². The predicted octanol–water partition coefficient (Wildman–Crippen LogP) is 0.0704. The number of aromatic nitrogens is 2. The van der Waals surface area contributed by atoms with Crippen molar-refractivity contribution in [3.05, 3.63) is 11.8 Å². The number of fused-ring (bicyclic) bond motifs is 1. The largest absolute Gasteiger partial charge is 0.353 e. The highest BCUT2D eigenvalue weighted by atomic mass is 16.2. The highest BCUT2D eigenvalue weighted by Crippen LogP contribution is 2.25. The number of carbonyl (C=O) groups excluding carboxylic acids is 2. The summed E-state index contributed by atoms with van der Waals surface area (Å²) in [6.45, 7) is 10.1. The van der Waals surface area contributed by atoms with Gasteiger partial charge in [-0.3, -0.25) is 19.4 Å². The number of hydrogen-bond donors (Lipinski definition) is 1. The Morgan fingerprint density at radius 1 is 1.27 bits per heavy atom. The van der Waals surface area contributed by atoms with Gasteiger partial charge in [0, 0.05) is 51.8 Å². The molecule has 1 atom stereocenters. The van der Waals surface area contributed by atoms with Crippen LogP contribution < -0.4 is 10.2 Å². The zero-order valence-corrected chi connectivity index (χ0v) is 16.1. The van der Waals surface area contributed by atoms with Gasteiger partial charge in [0.25, 0.3) is 0 Å². The van der Waals surface area contributed by atoms with Gasteiger partial charge in [-0.15, -0.1) is 0 Å². The fourth-order valence-electron chi connectivity index (χ4n) is 3.69. The van der Waals surface area contributed by atoms with E-state index in [0.717, 1.165) is 44.2 Å². The molecule has 2 amide bonds. The molecule has 26 heavy (non-hydrogen) atoms. The lowest BCUT2D eigenvalue weighted by Crippen LogP contribution is -2.53. The number of rotatable bonds is 6. The van der Waals surface area contributed by atoms with Crippen LogP contribution >= 0.6 is 0 Å². The minimum absolute atomic E-state index is 0.00142. The molecular weight excluding hydrogens is 332 g/mol. The van der Waals surface area contributed by atoms with Gasteiger partial charge < -0.3 is 10.2 Å². The van der Waals surface area contributed by atoms with Gasteiger partial charge in [0.05, 0.1) is 12.2 Å². The zero-order chi connectivity index (χ0) is 18.7. The van der Waals surface area contributed by atoms with Crippen LogP contribution in [0.1, 0.15) is 25.5 Å². The summed E-state index contributed by atoms with van der Waals surface area (Å²) in [7, 11) is 2.13. The lowest BCUT2D eigenvalue weighted by Gasteiger charge is -2.34. The van der Waals surface area contributed by atoms with Gasteiger partial charge in [-0.1, -0.05) is 6.92 Å². The van der Waals surface area contributed by atoms with E-state index in [1.54, 1.807) is 4.90 Å². The molecule has 8 heteroatoms. The second-order valence-corrected chi connectivity index (χ2v) is 7.24. The van der Waals surface area contributed by atoms with Gasteiger partial charge in [0.2, 0.25) is 11.8 Å². The summed E-state index contributed by atoms with van der Waals surface area (Å²) in [4.78, 5) is 31.6. The van der Waals surface area contributed by atoms with Gasteiger partial charge >= 0.3 is 0 Å². The van der Waals surface area contributed by atoms with Gasteiger partial charge in [-0.2, -0.15) is 5.10 Å². The number of amides is 2. The van der Waals surface area contributed by atoms with E-state index in [1.165, 1.54) is 0 Å². The van der Waals surface area contributed by atoms with Crippen LogP contribution in [0, 0.1) is 6.92 Å². The maximum absolute atomic E-state index is 12.8. The summed E-state index contributed by atoms with van der Waals surface area (Å²) in [5.41, 5.74) is 0.866. The number of hydrogen-bond acceptors (Lipinski definition) is 5. The predicted molar refractivity (Wildman–Crippen MR) is 100 cm³/mol. The van der Waals surface area contributed by atoms with E-state index in [0.29, 0.717) is 25.9 Å². The Morgan fingerprint density at radius 3 is 2.69 bits per heavy atom. The topological polar surface area (TPSA) is 73.7 Å². The zero-order valence-electron chi connectivity index (χ0n) is 16.1. The Labute approximate surface area is 155 Å². The Hall–Kier alpha value is -1.93. The van der Waals surface area contributed by atoms with E-state index >= 15 is 0 Å². The molecule has 8 nitrogen and oxygen atoms in total. The minimum Gasteiger partial charge on any atom is -0.353 e. The molecule has 0 aliphatic carbocycles. The van der Waals surface area contributed by atoms with Crippen molar-refractivity contribution in [3.8, 4) is 0 Å². The Bertz CT molecular complexity index is 650. The first kappa shape index (κ1) is 18.8. The van der Waals surface area contributed by atoms with E-state index in [4.69, 9.17) is 0 Å². The van der Waals surface area contributed by atoms with Gasteiger partial charge in [0.15, 0.2) is 0 Å². The minimum atomic E-state index is -0.481. The summed E-state index contributed by atoms with van der Waals surface area (Å²) in [5, 5.41) is 7.45. The van der Waals surface area contributed by atoms with Crippen LogP contribution in [0.5, 0.6) is 0 Å². The molecule has 0 spiro atoms. The quantitative estimate of drug-likeness (QED) is 0.775. The number of likely N-dealkylation sites (N-methyl/N-ethyl adjacent to an activating group) is 1.